The number of fused-ring (bicyclic) bond motifs is 1. The Balaban J connectivity index is 1.63. The number of nitrogens with one attached hydrogen (secondary N) is 3. The molecule has 0 spiro atoms. The molecule has 0 bridgehead atoms. The number of H-pyrrole nitrogens is 1. The number of aromatic nitrogens is 4. The van der Waals surface area contributed by atoms with Crippen LogP contribution < -0.4 is 14.9 Å². The topological polar surface area (TPSA) is 149 Å². The lowest BCUT2D eigenvalue weighted by Crippen LogP contribution is -2.38. The van der Waals surface area contributed by atoms with Gasteiger partial charge in [-0.1, -0.05) is 0 Å². The Labute approximate surface area is 189 Å². The summed E-state index contributed by atoms with van der Waals surface area (Å²) in [5.41, 5.74) is 3.20. The number of benzene rings is 1. The minimum atomic E-state index is -3.67. The van der Waals surface area contributed by atoms with E-state index in [1.165, 1.54) is 13.4 Å². The van der Waals surface area contributed by atoms with Crippen molar-refractivity contribution >= 4 is 38.2 Å². The summed E-state index contributed by atoms with van der Waals surface area (Å²) in [7, 11) is -2.30. The molecule has 1 aliphatic heterocycles. The number of anilines is 3. The number of β-amino-alcohol motifs (C(OH)–C–C–N with tert-alkyl or cyclic N) is 1. The Kier molecular flexibility index (Phi) is 5.48. The van der Waals surface area contributed by atoms with Crippen LogP contribution >= 0.6 is 0 Å². The van der Waals surface area contributed by atoms with Gasteiger partial charge in [-0.2, -0.15) is 5.10 Å². The summed E-state index contributed by atoms with van der Waals surface area (Å²) < 4.78 is 32.5. The molecule has 5 rings (SSSR count). The van der Waals surface area contributed by atoms with Gasteiger partial charge in [-0.25, -0.2) is 23.1 Å². The number of piperidine rings is 1. The molecule has 0 amide bonds. The van der Waals surface area contributed by atoms with Crippen molar-refractivity contribution in [3.05, 3.63) is 43.1 Å². The summed E-state index contributed by atoms with van der Waals surface area (Å²) in [5, 5.41) is 21.4. The Bertz CT molecular complexity index is 1390. The van der Waals surface area contributed by atoms with E-state index in [4.69, 9.17) is 4.42 Å². The van der Waals surface area contributed by atoms with E-state index in [-0.39, 0.29) is 4.90 Å². The van der Waals surface area contributed by atoms with Crippen molar-refractivity contribution in [3.63, 3.8) is 0 Å². The summed E-state index contributed by atoms with van der Waals surface area (Å²) in [6, 6.07) is 6.65. The fraction of sp³-hybridized carbons (Fsp3) is 0.286. The predicted molar refractivity (Wildman–Crippen MR) is 123 cm³/mol. The second-order valence-electron chi connectivity index (χ2n) is 7.78. The zero-order valence-electron chi connectivity index (χ0n) is 17.8. The number of hydrogen-bond acceptors (Lipinski definition) is 9. The van der Waals surface area contributed by atoms with Crippen molar-refractivity contribution in [2.75, 3.05) is 30.4 Å². The van der Waals surface area contributed by atoms with E-state index in [0.717, 1.165) is 30.6 Å². The van der Waals surface area contributed by atoms with Crippen molar-refractivity contribution in [2.45, 2.75) is 23.8 Å². The van der Waals surface area contributed by atoms with Gasteiger partial charge in [-0.3, -0.25) is 5.10 Å². The number of aliphatic hydroxyl groups excluding tert-OH is 1. The van der Waals surface area contributed by atoms with Crippen molar-refractivity contribution in [1.29, 1.82) is 0 Å². The van der Waals surface area contributed by atoms with Gasteiger partial charge in [-0.05, 0) is 44.2 Å². The van der Waals surface area contributed by atoms with Gasteiger partial charge in [0.25, 0.3) is 0 Å². The van der Waals surface area contributed by atoms with E-state index < -0.39 is 16.1 Å². The first-order valence-electron chi connectivity index (χ1n) is 10.5. The molecule has 4 heterocycles. The smallest absolute Gasteiger partial charge is 0.240 e. The number of rotatable bonds is 6. The highest BCUT2D eigenvalue weighted by molar-refractivity contribution is 7.89. The average molecular weight is 470 g/mol. The van der Waals surface area contributed by atoms with Gasteiger partial charge in [-0.15, -0.1) is 0 Å². The van der Waals surface area contributed by atoms with Gasteiger partial charge in [0.05, 0.1) is 40.3 Å². The van der Waals surface area contributed by atoms with Crippen molar-refractivity contribution in [1.82, 2.24) is 24.9 Å². The van der Waals surface area contributed by atoms with E-state index >= 15 is 0 Å². The second-order valence-corrected chi connectivity index (χ2v) is 9.67. The third-order valence-electron chi connectivity index (χ3n) is 5.69. The quantitative estimate of drug-likeness (QED) is 0.333. The number of sulfonamides is 1. The summed E-state index contributed by atoms with van der Waals surface area (Å²) in [4.78, 5) is 10.8. The molecular weight excluding hydrogens is 446 g/mol. The zero-order chi connectivity index (χ0) is 23.0. The lowest BCUT2D eigenvalue weighted by molar-refractivity contribution is 0.154. The molecule has 4 N–H and O–H groups in total. The molecule has 1 unspecified atom stereocenters. The fourth-order valence-electron chi connectivity index (χ4n) is 4.04. The SMILES string of the molecule is CNS(=O)(=O)c1ccc(N2CCCC(O)C2)c(Nc2ncnc3[nH]nc(-c4ccoc4)c23)c1. The van der Waals surface area contributed by atoms with Gasteiger partial charge >= 0.3 is 0 Å². The highest BCUT2D eigenvalue weighted by atomic mass is 32.2. The normalized spacial score (nSPS) is 16.9. The molecule has 33 heavy (non-hydrogen) atoms. The van der Waals surface area contributed by atoms with Crippen molar-refractivity contribution < 1.29 is 17.9 Å². The van der Waals surface area contributed by atoms with E-state index in [1.54, 1.807) is 36.8 Å². The fourth-order valence-corrected chi connectivity index (χ4v) is 4.80. The molecule has 1 fully saturated rings. The van der Waals surface area contributed by atoms with Crippen LogP contribution in [0, 0.1) is 0 Å². The van der Waals surface area contributed by atoms with Crippen LogP contribution in [-0.2, 0) is 10.0 Å². The Hall–Kier alpha value is -3.48. The molecule has 1 aromatic carbocycles. The third-order valence-corrected chi connectivity index (χ3v) is 7.10. The number of nitrogens with zero attached hydrogens (tertiary/aromatic N) is 4. The van der Waals surface area contributed by atoms with Gasteiger partial charge in [0, 0.05) is 18.7 Å². The zero-order valence-corrected chi connectivity index (χ0v) is 18.6. The predicted octanol–water partition coefficient (Wildman–Crippen LogP) is 2.23. The molecule has 11 nitrogen and oxygen atoms in total. The molecule has 12 heteroatoms. The molecular formula is C21H23N7O4S. The molecule has 1 atom stereocenters. The number of aliphatic hydroxyl groups is 1. The Morgan fingerprint density at radius 3 is 2.91 bits per heavy atom. The maximum Gasteiger partial charge on any atom is 0.240 e. The summed E-state index contributed by atoms with van der Waals surface area (Å²) >= 11 is 0. The first kappa shape index (κ1) is 21.4. The summed E-state index contributed by atoms with van der Waals surface area (Å²) in [6.07, 6.45) is 5.66. The van der Waals surface area contributed by atoms with Crippen LogP contribution in [0.2, 0.25) is 0 Å². The lowest BCUT2D eigenvalue weighted by atomic mass is 10.1. The molecule has 1 saturated heterocycles. The highest BCUT2D eigenvalue weighted by Gasteiger charge is 2.23. The standard InChI is InChI=1S/C21H23N7O4S/c1-22-33(30,31)15-4-5-17(28-7-2-3-14(29)10-28)16(9-15)25-20-18-19(13-6-8-32-11-13)26-27-21(18)24-12-23-20/h4-6,8-9,11-12,14,22,29H,2-3,7,10H2,1H3,(H2,23,24,25,26,27). The monoisotopic (exact) mass is 469 g/mol. The summed E-state index contributed by atoms with van der Waals surface area (Å²) in [5.74, 6) is 0.461. The Morgan fingerprint density at radius 2 is 2.15 bits per heavy atom. The lowest BCUT2D eigenvalue weighted by Gasteiger charge is -2.33. The van der Waals surface area contributed by atoms with Crippen LogP contribution in [0.15, 0.2) is 52.4 Å². The van der Waals surface area contributed by atoms with E-state index in [2.05, 4.69) is 30.2 Å². The molecule has 0 aliphatic carbocycles. The van der Waals surface area contributed by atoms with Gasteiger partial charge in [0.15, 0.2) is 5.65 Å². The number of furan rings is 1. The van der Waals surface area contributed by atoms with Gasteiger partial charge in [0.1, 0.15) is 17.8 Å². The van der Waals surface area contributed by atoms with Crippen LogP contribution in [0.4, 0.5) is 17.2 Å². The highest BCUT2D eigenvalue weighted by Crippen LogP contribution is 2.36. The van der Waals surface area contributed by atoms with Crippen LogP contribution in [-0.4, -0.2) is 59.9 Å². The van der Waals surface area contributed by atoms with Crippen molar-refractivity contribution in [2.24, 2.45) is 0 Å². The van der Waals surface area contributed by atoms with Gasteiger partial charge in [0.2, 0.25) is 10.0 Å². The molecule has 0 saturated carbocycles. The molecule has 3 aromatic heterocycles. The van der Waals surface area contributed by atoms with Crippen LogP contribution in [0.3, 0.4) is 0 Å². The number of hydrogen-bond donors (Lipinski definition) is 4. The van der Waals surface area contributed by atoms with E-state index in [9.17, 15) is 13.5 Å². The van der Waals surface area contributed by atoms with E-state index in [0.29, 0.717) is 34.8 Å². The van der Waals surface area contributed by atoms with E-state index in [1.807, 2.05) is 4.90 Å². The maximum atomic E-state index is 12.5. The van der Waals surface area contributed by atoms with Crippen LogP contribution in [0.5, 0.6) is 0 Å². The number of aromatic amines is 1. The second kappa shape index (κ2) is 8.46. The minimum absolute atomic E-state index is 0.112. The maximum absolute atomic E-state index is 12.5. The first-order valence-corrected chi connectivity index (χ1v) is 11.9. The van der Waals surface area contributed by atoms with Crippen molar-refractivity contribution in [3.8, 4) is 11.3 Å². The third kappa shape index (κ3) is 4.03. The molecule has 172 valence electrons. The van der Waals surface area contributed by atoms with Gasteiger partial charge < -0.3 is 19.7 Å². The molecule has 0 radical (unpaired) electrons. The molecule has 4 aromatic rings. The largest absolute Gasteiger partial charge is 0.472 e. The minimum Gasteiger partial charge on any atom is -0.472 e. The average Bonchev–Trinajstić information content (AvgIpc) is 3.49. The Morgan fingerprint density at radius 1 is 1.27 bits per heavy atom. The molecule has 1 aliphatic rings. The van der Waals surface area contributed by atoms with Crippen LogP contribution in [0.1, 0.15) is 12.8 Å². The summed E-state index contributed by atoms with van der Waals surface area (Å²) in [6.45, 7) is 1.20. The van der Waals surface area contributed by atoms with Crippen LogP contribution in [0.25, 0.3) is 22.3 Å². The first-order chi connectivity index (χ1) is 16.0.